The lowest BCUT2D eigenvalue weighted by molar-refractivity contribution is -0.0164. The fourth-order valence-corrected chi connectivity index (χ4v) is 4.24. The summed E-state index contributed by atoms with van der Waals surface area (Å²) in [5.41, 5.74) is 2.79. The summed E-state index contributed by atoms with van der Waals surface area (Å²) in [5, 5.41) is 9.22. The van der Waals surface area contributed by atoms with Gasteiger partial charge in [0.25, 0.3) is 0 Å². The van der Waals surface area contributed by atoms with Gasteiger partial charge >= 0.3 is 6.09 Å². The van der Waals surface area contributed by atoms with Crippen LogP contribution in [0.1, 0.15) is 57.7 Å². The Labute approximate surface area is 144 Å². The molecule has 1 unspecified atom stereocenters. The van der Waals surface area contributed by atoms with Gasteiger partial charge in [-0.05, 0) is 68.2 Å². The Morgan fingerprint density at radius 2 is 2.12 bits per heavy atom. The van der Waals surface area contributed by atoms with E-state index in [1.807, 2.05) is 37.8 Å². The van der Waals surface area contributed by atoms with Gasteiger partial charge in [-0.1, -0.05) is 19.9 Å². The van der Waals surface area contributed by atoms with Crippen molar-refractivity contribution < 1.29 is 9.53 Å². The predicted octanol–water partition coefficient (Wildman–Crippen LogP) is 4.02. The lowest BCUT2D eigenvalue weighted by Gasteiger charge is -2.54. The van der Waals surface area contributed by atoms with Crippen LogP contribution in [0.2, 0.25) is 0 Å². The molecule has 3 rings (SSSR count). The van der Waals surface area contributed by atoms with Crippen molar-refractivity contribution in [2.24, 2.45) is 5.92 Å². The lowest BCUT2D eigenvalue weighted by Crippen LogP contribution is -2.60. The van der Waals surface area contributed by atoms with Gasteiger partial charge in [-0.2, -0.15) is 5.26 Å². The third kappa shape index (κ3) is 2.66. The Balaban J connectivity index is 1.95. The second-order valence-electron chi connectivity index (χ2n) is 8.39. The first-order valence-electron chi connectivity index (χ1n) is 8.69. The molecule has 2 aliphatic rings. The number of piperidine rings is 1. The SMILES string of the molecule is CC1[C@H]2Cc3ccc(C#N)cc3[C@]1(C)CCN2C(=O)OC(C)(C)C. The zero-order chi connectivity index (χ0) is 17.7. The summed E-state index contributed by atoms with van der Waals surface area (Å²) in [6, 6.07) is 8.39. The number of amides is 1. The number of ether oxygens (including phenoxy) is 1. The maximum atomic E-state index is 12.6. The van der Waals surface area contributed by atoms with Crippen LogP contribution in [0, 0.1) is 17.2 Å². The highest BCUT2D eigenvalue weighted by Crippen LogP contribution is 2.48. The number of carbonyl (C=O) groups excluding carboxylic acids is 1. The normalized spacial score (nSPS) is 28.8. The summed E-state index contributed by atoms with van der Waals surface area (Å²) in [5.74, 6) is 0.334. The number of nitriles is 1. The smallest absolute Gasteiger partial charge is 0.410 e. The van der Waals surface area contributed by atoms with Gasteiger partial charge in [-0.3, -0.25) is 0 Å². The van der Waals surface area contributed by atoms with Crippen LogP contribution in [0.5, 0.6) is 0 Å². The molecular formula is C20H26N2O2. The minimum absolute atomic E-state index is 0.00359. The van der Waals surface area contributed by atoms with E-state index in [9.17, 15) is 10.1 Å². The number of benzene rings is 1. The van der Waals surface area contributed by atoms with Crippen LogP contribution in [0.4, 0.5) is 4.79 Å². The Morgan fingerprint density at radius 3 is 2.75 bits per heavy atom. The zero-order valence-corrected chi connectivity index (χ0v) is 15.2. The molecule has 1 aliphatic heterocycles. The monoisotopic (exact) mass is 326 g/mol. The van der Waals surface area contributed by atoms with E-state index in [2.05, 4.69) is 26.0 Å². The van der Waals surface area contributed by atoms with E-state index in [0.29, 0.717) is 12.5 Å². The summed E-state index contributed by atoms with van der Waals surface area (Å²) >= 11 is 0. The van der Waals surface area contributed by atoms with Gasteiger partial charge in [0, 0.05) is 12.6 Å². The number of hydrogen-bond acceptors (Lipinski definition) is 3. The molecule has 1 fully saturated rings. The molecular weight excluding hydrogens is 300 g/mol. The van der Waals surface area contributed by atoms with Crippen LogP contribution in [-0.2, 0) is 16.6 Å². The van der Waals surface area contributed by atoms with Crippen molar-refractivity contribution in [1.29, 1.82) is 5.26 Å². The van der Waals surface area contributed by atoms with Gasteiger partial charge in [-0.25, -0.2) is 4.79 Å². The third-order valence-corrected chi connectivity index (χ3v) is 5.77. The molecule has 4 nitrogen and oxygen atoms in total. The Bertz CT molecular complexity index is 713. The van der Waals surface area contributed by atoms with E-state index in [0.717, 1.165) is 18.4 Å². The van der Waals surface area contributed by atoms with Gasteiger partial charge in [0.2, 0.25) is 0 Å². The Hall–Kier alpha value is -2.02. The number of rotatable bonds is 0. The summed E-state index contributed by atoms with van der Waals surface area (Å²) in [6.45, 7) is 10.9. The largest absolute Gasteiger partial charge is 0.444 e. The molecule has 0 aromatic heterocycles. The van der Waals surface area contributed by atoms with Crippen LogP contribution >= 0.6 is 0 Å². The Kier molecular flexibility index (Phi) is 3.86. The number of carbonyl (C=O) groups is 1. The molecule has 0 spiro atoms. The van der Waals surface area contributed by atoms with E-state index in [1.54, 1.807) is 0 Å². The maximum absolute atomic E-state index is 12.6. The number of fused-ring (bicyclic) bond motifs is 4. The quantitative estimate of drug-likeness (QED) is 0.723. The Morgan fingerprint density at radius 1 is 1.42 bits per heavy atom. The zero-order valence-electron chi connectivity index (χ0n) is 15.2. The lowest BCUT2D eigenvalue weighted by atomic mass is 9.59. The first kappa shape index (κ1) is 16.8. The molecule has 4 heteroatoms. The second-order valence-corrected chi connectivity index (χ2v) is 8.39. The van der Waals surface area contributed by atoms with Crippen LogP contribution in [0.15, 0.2) is 18.2 Å². The minimum atomic E-state index is -0.477. The summed E-state index contributed by atoms with van der Waals surface area (Å²) in [4.78, 5) is 14.6. The van der Waals surface area contributed by atoms with Gasteiger partial charge in [0.15, 0.2) is 0 Å². The maximum Gasteiger partial charge on any atom is 0.410 e. The van der Waals surface area contributed by atoms with E-state index in [4.69, 9.17) is 4.74 Å². The highest BCUT2D eigenvalue weighted by atomic mass is 16.6. The summed E-state index contributed by atoms with van der Waals surface area (Å²) in [6.07, 6.45) is 1.52. The molecule has 128 valence electrons. The molecule has 0 saturated carbocycles. The first-order valence-corrected chi connectivity index (χ1v) is 8.69. The van der Waals surface area contributed by atoms with Crippen molar-refractivity contribution in [3.05, 3.63) is 34.9 Å². The topological polar surface area (TPSA) is 53.3 Å². The second kappa shape index (κ2) is 5.51. The standard InChI is InChI=1S/C20H26N2O2/c1-13-17-11-15-7-6-14(12-21)10-16(15)20(13,5)8-9-22(17)18(23)24-19(2,3)4/h6-7,10,13,17H,8-9,11H2,1-5H3/t13?,17-,20-/m1/s1. The van der Waals surface area contributed by atoms with Crippen molar-refractivity contribution in [3.8, 4) is 6.07 Å². The van der Waals surface area contributed by atoms with Crippen LogP contribution in [-0.4, -0.2) is 29.2 Å². The average Bonchev–Trinajstić information content (AvgIpc) is 2.48. The molecule has 2 bridgehead atoms. The predicted molar refractivity (Wildman–Crippen MR) is 92.7 cm³/mol. The molecule has 1 saturated heterocycles. The molecule has 1 amide bonds. The molecule has 0 N–H and O–H groups in total. The van der Waals surface area contributed by atoms with Gasteiger partial charge in [0.1, 0.15) is 5.60 Å². The first-order chi connectivity index (χ1) is 11.2. The van der Waals surface area contributed by atoms with E-state index < -0.39 is 5.60 Å². The molecule has 1 aromatic rings. The third-order valence-electron chi connectivity index (χ3n) is 5.77. The highest BCUT2D eigenvalue weighted by Gasteiger charge is 2.50. The van der Waals surface area contributed by atoms with Crippen molar-refractivity contribution in [2.75, 3.05) is 6.54 Å². The van der Waals surface area contributed by atoms with E-state index in [-0.39, 0.29) is 17.6 Å². The minimum Gasteiger partial charge on any atom is -0.444 e. The van der Waals surface area contributed by atoms with Crippen molar-refractivity contribution in [1.82, 2.24) is 4.90 Å². The fraction of sp³-hybridized carbons (Fsp3) is 0.600. The summed E-state index contributed by atoms with van der Waals surface area (Å²) < 4.78 is 5.62. The molecule has 1 heterocycles. The molecule has 1 aromatic carbocycles. The van der Waals surface area contributed by atoms with Crippen LogP contribution in [0.3, 0.4) is 0 Å². The number of likely N-dealkylation sites (tertiary alicyclic amines) is 1. The molecule has 0 radical (unpaired) electrons. The van der Waals surface area contributed by atoms with E-state index >= 15 is 0 Å². The van der Waals surface area contributed by atoms with Crippen molar-refractivity contribution in [3.63, 3.8) is 0 Å². The summed E-state index contributed by atoms with van der Waals surface area (Å²) in [7, 11) is 0. The molecule has 1 aliphatic carbocycles. The van der Waals surface area contributed by atoms with E-state index in [1.165, 1.54) is 11.1 Å². The number of hydrogen-bond donors (Lipinski definition) is 0. The van der Waals surface area contributed by atoms with Crippen LogP contribution in [0.25, 0.3) is 0 Å². The fourth-order valence-electron chi connectivity index (χ4n) is 4.24. The molecule has 24 heavy (non-hydrogen) atoms. The van der Waals surface area contributed by atoms with Gasteiger partial charge in [-0.15, -0.1) is 0 Å². The van der Waals surface area contributed by atoms with Gasteiger partial charge in [0.05, 0.1) is 11.6 Å². The van der Waals surface area contributed by atoms with Crippen molar-refractivity contribution >= 4 is 6.09 Å². The van der Waals surface area contributed by atoms with Gasteiger partial charge < -0.3 is 9.64 Å². The van der Waals surface area contributed by atoms with Crippen LogP contribution < -0.4 is 0 Å². The molecule has 3 atom stereocenters. The highest BCUT2D eigenvalue weighted by molar-refractivity contribution is 5.69. The number of nitrogens with zero attached hydrogens (tertiary/aromatic N) is 2. The van der Waals surface area contributed by atoms with Crippen molar-refractivity contribution in [2.45, 2.75) is 64.5 Å². The average molecular weight is 326 g/mol.